The molecule has 138 valence electrons. The summed E-state index contributed by atoms with van der Waals surface area (Å²) in [6.45, 7) is 8.81. The van der Waals surface area contributed by atoms with Crippen LogP contribution in [0.3, 0.4) is 0 Å². The molecule has 0 unspecified atom stereocenters. The van der Waals surface area contributed by atoms with Crippen LogP contribution in [0.25, 0.3) is 0 Å². The summed E-state index contributed by atoms with van der Waals surface area (Å²) in [6, 6.07) is 5.90. The van der Waals surface area contributed by atoms with E-state index in [1.54, 1.807) is 7.11 Å². The zero-order valence-electron chi connectivity index (χ0n) is 15.9. The summed E-state index contributed by atoms with van der Waals surface area (Å²) in [7, 11) is 1.63. The topological polar surface area (TPSA) is 49.9 Å². The second kappa shape index (κ2) is 8.88. The van der Waals surface area contributed by atoms with Gasteiger partial charge in [0.25, 0.3) is 0 Å². The highest BCUT2D eigenvalue weighted by Crippen LogP contribution is 2.21. The molecule has 5 nitrogen and oxygen atoms in total. The SMILES string of the molecule is COc1ccc(C)cc1CC(=O)N1CCCN(C(=O)CC(C)C)CC1. The highest BCUT2D eigenvalue weighted by molar-refractivity contribution is 5.80. The molecule has 0 radical (unpaired) electrons. The molecule has 1 saturated heterocycles. The van der Waals surface area contributed by atoms with Gasteiger partial charge in [0.2, 0.25) is 11.8 Å². The molecule has 5 heteroatoms. The first-order valence-electron chi connectivity index (χ1n) is 9.09. The number of hydrogen-bond acceptors (Lipinski definition) is 3. The number of hydrogen-bond donors (Lipinski definition) is 0. The van der Waals surface area contributed by atoms with Crippen molar-refractivity contribution in [2.75, 3.05) is 33.3 Å². The van der Waals surface area contributed by atoms with E-state index in [2.05, 4.69) is 13.8 Å². The Balaban J connectivity index is 1.97. The molecule has 0 saturated carbocycles. The van der Waals surface area contributed by atoms with Gasteiger partial charge < -0.3 is 14.5 Å². The lowest BCUT2D eigenvalue weighted by Crippen LogP contribution is -2.38. The maximum absolute atomic E-state index is 12.7. The minimum Gasteiger partial charge on any atom is -0.496 e. The fourth-order valence-electron chi connectivity index (χ4n) is 3.21. The number of carbonyl (C=O) groups excluding carboxylic acids is 2. The fourth-order valence-corrected chi connectivity index (χ4v) is 3.21. The highest BCUT2D eigenvalue weighted by atomic mass is 16.5. The maximum atomic E-state index is 12.7. The standard InChI is InChI=1S/C20H30N2O3/c1-15(2)12-19(23)21-8-5-9-22(11-10-21)20(24)14-17-13-16(3)6-7-18(17)25-4/h6-7,13,15H,5,8-12,14H2,1-4H3. The molecule has 0 atom stereocenters. The minimum absolute atomic E-state index is 0.0991. The number of rotatable bonds is 5. The van der Waals surface area contributed by atoms with E-state index in [0.29, 0.717) is 38.4 Å². The molecular weight excluding hydrogens is 316 g/mol. The van der Waals surface area contributed by atoms with Crippen molar-refractivity contribution in [3.63, 3.8) is 0 Å². The van der Waals surface area contributed by atoms with Crippen molar-refractivity contribution in [2.24, 2.45) is 5.92 Å². The zero-order valence-corrected chi connectivity index (χ0v) is 15.9. The zero-order chi connectivity index (χ0) is 18.4. The molecule has 1 aliphatic heterocycles. The molecule has 0 spiro atoms. The van der Waals surface area contributed by atoms with Gasteiger partial charge in [-0.25, -0.2) is 0 Å². The summed E-state index contributed by atoms with van der Waals surface area (Å²) in [4.78, 5) is 28.8. The van der Waals surface area contributed by atoms with E-state index in [1.165, 1.54) is 0 Å². The van der Waals surface area contributed by atoms with E-state index in [1.807, 2.05) is 34.9 Å². The van der Waals surface area contributed by atoms with Crippen LogP contribution in [0.4, 0.5) is 0 Å². The normalized spacial score (nSPS) is 15.2. The lowest BCUT2D eigenvalue weighted by molar-refractivity contribution is -0.133. The van der Waals surface area contributed by atoms with Crippen molar-refractivity contribution in [1.82, 2.24) is 9.80 Å². The number of carbonyl (C=O) groups is 2. The summed E-state index contributed by atoms with van der Waals surface area (Å²) < 4.78 is 5.38. The molecule has 1 aromatic carbocycles. The van der Waals surface area contributed by atoms with E-state index in [9.17, 15) is 9.59 Å². The van der Waals surface area contributed by atoms with Crippen molar-refractivity contribution in [1.29, 1.82) is 0 Å². The van der Waals surface area contributed by atoms with Gasteiger partial charge in [0.1, 0.15) is 5.75 Å². The molecule has 2 rings (SSSR count). The first-order valence-corrected chi connectivity index (χ1v) is 9.09. The second-order valence-corrected chi connectivity index (χ2v) is 7.21. The lowest BCUT2D eigenvalue weighted by atomic mass is 10.1. The summed E-state index contributed by atoms with van der Waals surface area (Å²) >= 11 is 0. The van der Waals surface area contributed by atoms with E-state index >= 15 is 0 Å². The first kappa shape index (κ1) is 19.3. The molecule has 0 aliphatic carbocycles. The van der Waals surface area contributed by atoms with E-state index in [4.69, 9.17) is 4.74 Å². The molecule has 1 heterocycles. The molecule has 1 fully saturated rings. The lowest BCUT2D eigenvalue weighted by Gasteiger charge is -2.23. The summed E-state index contributed by atoms with van der Waals surface area (Å²) in [5, 5.41) is 0. The molecule has 1 aromatic rings. The number of nitrogens with zero attached hydrogens (tertiary/aromatic N) is 2. The fraction of sp³-hybridized carbons (Fsp3) is 0.600. The van der Waals surface area contributed by atoms with Gasteiger partial charge in [-0.2, -0.15) is 0 Å². The molecule has 25 heavy (non-hydrogen) atoms. The van der Waals surface area contributed by atoms with Crippen molar-refractivity contribution >= 4 is 11.8 Å². The highest BCUT2D eigenvalue weighted by Gasteiger charge is 2.23. The van der Waals surface area contributed by atoms with Gasteiger partial charge in [-0.05, 0) is 25.3 Å². The quantitative estimate of drug-likeness (QED) is 0.823. The Morgan fingerprint density at radius 3 is 2.32 bits per heavy atom. The summed E-state index contributed by atoms with van der Waals surface area (Å²) in [6.07, 6.45) is 1.75. The average molecular weight is 346 g/mol. The van der Waals surface area contributed by atoms with Crippen LogP contribution < -0.4 is 4.74 Å². The molecule has 2 amide bonds. The Morgan fingerprint density at radius 2 is 1.72 bits per heavy atom. The van der Waals surface area contributed by atoms with Gasteiger partial charge >= 0.3 is 0 Å². The number of methoxy groups -OCH3 is 1. The Kier molecular flexibility index (Phi) is 6.85. The molecule has 0 N–H and O–H groups in total. The van der Waals surface area contributed by atoms with Gasteiger partial charge in [-0.3, -0.25) is 9.59 Å². The third-order valence-electron chi connectivity index (χ3n) is 4.56. The van der Waals surface area contributed by atoms with Crippen molar-refractivity contribution in [2.45, 2.75) is 40.0 Å². The summed E-state index contributed by atoms with van der Waals surface area (Å²) in [5.41, 5.74) is 2.04. The third kappa shape index (κ3) is 5.48. The minimum atomic E-state index is 0.0991. The van der Waals surface area contributed by atoms with Crippen LogP contribution in [0.5, 0.6) is 5.75 Å². The Morgan fingerprint density at radius 1 is 1.08 bits per heavy atom. The monoisotopic (exact) mass is 346 g/mol. The van der Waals surface area contributed by atoms with Crippen LogP contribution in [0.15, 0.2) is 18.2 Å². The van der Waals surface area contributed by atoms with Crippen LogP contribution in [-0.4, -0.2) is 54.9 Å². The Labute approximate surface area is 150 Å². The molecule has 1 aliphatic rings. The van der Waals surface area contributed by atoms with Crippen LogP contribution >= 0.6 is 0 Å². The third-order valence-corrected chi connectivity index (χ3v) is 4.56. The molecule has 0 aromatic heterocycles. The van der Waals surface area contributed by atoms with Crippen LogP contribution in [-0.2, 0) is 16.0 Å². The number of benzene rings is 1. The van der Waals surface area contributed by atoms with Gasteiger partial charge in [0.05, 0.1) is 13.5 Å². The van der Waals surface area contributed by atoms with E-state index in [-0.39, 0.29) is 11.8 Å². The van der Waals surface area contributed by atoms with Gasteiger partial charge in [-0.1, -0.05) is 31.5 Å². The van der Waals surface area contributed by atoms with Crippen LogP contribution in [0.1, 0.15) is 37.8 Å². The Bertz CT molecular complexity index is 613. The average Bonchev–Trinajstić information content (AvgIpc) is 2.80. The second-order valence-electron chi connectivity index (χ2n) is 7.21. The maximum Gasteiger partial charge on any atom is 0.227 e. The van der Waals surface area contributed by atoms with Crippen molar-refractivity contribution < 1.29 is 14.3 Å². The predicted octanol–water partition coefficient (Wildman–Crippen LogP) is 2.65. The molecular formula is C20H30N2O3. The van der Waals surface area contributed by atoms with Gasteiger partial charge in [-0.15, -0.1) is 0 Å². The van der Waals surface area contributed by atoms with Crippen LogP contribution in [0, 0.1) is 12.8 Å². The first-order chi connectivity index (χ1) is 11.9. The summed E-state index contributed by atoms with van der Waals surface area (Å²) in [5.74, 6) is 1.41. The van der Waals surface area contributed by atoms with Crippen LogP contribution in [0.2, 0.25) is 0 Å². The largest absolute Gasteiger partial charge is 0.496 e. The number of amides is 2. The van der Waals surface area contributed by atoms with Crippen molar-refractivity contribution in [3.8, 4) is 5.75 Å². The number of aryl methyl sites for hydroxylation is 1. The predicted molar refractivity (Wildman–Crippen MR) is 98.7 cm³/mol. The van der Waals surface area contributed by atoms with Crippen molar-refractivity contribution in [3.05, 3.63) is 29.3 Å². The Hall–Kier alpha value is -2.04. The van der Waals surface area contributed by atoms with Gasteiger partial charge in [0, 0.05) is 38.2 Å². The molecule has 0 bridgehead atoms. The van der Waals surface area contributed by atoms with E-state index in [0.717, 1.165) is 29.8 Å². The smallest absolute Gasteiger partial charge is 0.227 e. The van der Waals surface area contributed by atoms with Gasteiger partial charge in [0.15, 0.2) is 0 Å². The van der Waals surface area contributed by atoms with E-state index < -0.39 is 0 Å². The number of ether oxygens (including phenoxy) is 1.